The van der Waals surface area contributed by atoms with Crippen LogP contribution in [0.3, 0.4) is 0 Å². The lowest BCUT2D eigenvalue weighted by molar-refractivity contribution is 0.399. The third kappa shape index (κ3) is 2.96. The Morgan fingerprint density at radius 3 is 2.87 bits per heavy atom. The summed E-state index contributed by atoms with van der Waals surface area (Å²) in [5, 5.41) is 4.15. The van der Waals surface area contributed by atoms with E-state index in [2.05, 4.69) is 12.0 Å². The molecule has 0 aliphatic rings. The standard InChI is InChI=1S/C11H21N3O/c1-4-5-6-7-9(12)11-10(15-3)8-13-14(11)2/h8-9H,4-7,12H2,1-3H3. The highest BCUT2D eigenvalue weighted by Gasteiger charge is 2.16. The second-order valence-electron chi connectivity index (χ2n) is 3.82. The Balaban J connectivity index is 2.63. The molecular weight excluding hydrogens is 190 g/mol. The first-order valence-electron chi connectivity index (χ1n) is 5.52. The van der Waals surface area contributed by atoms with Gasteiger partial charge in [0.25, 0.3) is 0 Å². The van der Waals surface area contributed by atoms with E-state index in [9.17, 15) is 0 Å². The fraction of sp³-hybridized carbons (Fsp3) is 0.727. The van der Waals surface area contributed by atoms with Gasteiger partial charge in [0.2, 0.25) is 0 Å². The van der Waals surface area contributed by atoms with E-state index in [0.29, 0.717) is 0 Å². The van der Waals surface area contributed by atoms with Gasteiger partial charge in [-0.25, -0.2) is 0 Å². The number of hydrogen-bond donors (Lipinski definition) is 1. The monoisotopic (exact) mass is 211 g/mol. The third-order valence-corrected chi connectivity index (χ3v) is 2.64. The Morgan fingerprint density at radius 1 is 1.53 bits per heavy atom. The van der Waals surface area contributed by atoms with Gasteiger partial charge >= 0.3 is 0 Å². The van der Waals surface area contributed by atoms with Crippen LogP contribution in [0.2, 0.25) is 0 Å². The molecule has 0 fully saturated rings. The van der Waals surface area contributed by atoms with Crippen LogP contribution in [0.15, 0.2) is 6.20 Å². The predicted octanol–water partition coefficient (Wildman–Crippen LogP) is 2.01. The highest BCUT2D eigenvalue weighted by atomic mass is 16.5. The molecule has 15 heavy (non-hydrogen) atoms. The van der Waals surface area contributed by atoms with E-state index in [0.717, 1.165) is 24.3 Å². The number of rotatable bonds is 6. The van der Waals surface area contributed by atoms with Gasteiger partial charge in [-0.2, -0.15) is 5.10 Å². The van der Waals surface area contributed by atoms with Crippen molar-refractivity contribution in [1.82, 2.24) is 9.78 Å². The first-order valence-corrected chi connectivity index (χ1v) is 5.52. The van der Waals surface area contributed by atoms with Gasteiger partial charge in [0.15, 0.2) is 5.75 Å². The Labute approximate surface area is 91.4 Å². The average molecular weight is 211 g/mol. The highest BCUT2D eigenvalue weighted by Crippen LogP contribution is 2.25. The minimum absolute atomic E-state index is 0.0269. The van der Waals surface area contributed by atoms with E-state index in [1.165, 1.54) is 12.8 Å². The molecule has 0 aliphatic heterocycles. The van der Waals surface area contributed by atoms with Gasteiger partial charge in [-0.3, -0.25) is 4.68 Å². The molecule has 2 N–H and O–H groups in total. The van der Waals surface area contributed by atoms with Gasteiger partial charge in [0, 0.05) is 7.05 Å². The Hall–Kier alpha value is -1.03. The molecule has 0 bridgehead atoms. The first-order chi connectivity index (χ1) is 7.20. The van der Waals surface area contributed by atoms with Crippen LogP contribution in [0.1, 0.15) is 44.3 Å². The second kappa shape index (κ2) is 5.75. The number of methoxy groups -OCH3 is 1. The molecule has 0 radical (unpaired) electrons. The van der Waals surface area contributed by atoms with Crippen molar-refractivity contribution in [2.24, 2.45) is 12.8 Å². The maximum Gasteiger partial charge on any atom is 0.161 e. The number of ether oxygens (including phenoxy) is 1. The lowest BCUT2D eigenvalue weighted by Crippen LogP contribution is -2.15. The average Bonchev–Trinajstić information content (AvgIpc) is 2.59. The van der Waals surface area contributed by atoms with Crippen LogP contribution in [0.4, 0.5) is 0 Å². The lowest BCUT2D eigenvalue weighted by Gasteiger charge is -2.13. The van der Waals surface area contributed by atoms with Crippen LogP contribution < -0.4 is 10.5 Å². The molecule has 1 heterocycles. The summed E-state index contributed by atoms with van der Waals surface area (Å²) >= 11 is 0. The van der Waals surface area contributed by atoms with E-state index < -0.39 is 0 Å². The maximum atomic E-state index is 6.12. The molecule has 4 heteroatoms. The fourth-order valence-corrected chi connectivity index (χ4v) is 1.76. The number of nitrogens with two attached hydrogens (primary N) is 1. The molecule has 0 aliphatic carbocycles. The van der Waals surface area contributed by atoms with Gasteiger partial charge < -0.3 is 10.5 Å². The van der Waals surface area contributed by atoms with Crippen molar-refractivity contribution in [3.8, 4) is 5.75 Å². The van der Waals surface area contributed by atoms with Gasteiger partial charge in [0.1, 0.15) is 0 Å². The molecule has 4 nitrogen and oxygen atoms in total. The first kappa shape index (κ1) is 12.0. The van der Waals surface area contributed by atoms with Crippen LogP contribution in [0, 0.1) is 0 Å². The van der Waals surface area contributed by atoms with Gasteiger partial charge in [-0.1, -0.05) is 26.2 Å². The molecule has 0 aromatic carbocycles. The number of nitrogens with zero attached hydrogens (tertiary/aromatic N) is 2. The van der Waals surface area contributed by atoms with E-state index in [4.69, 9.17) is 10.5 Å². The predicted molar refractivity (Wildman–Crippen MR) is 60.8 cm³/mol. The van der Waals surface area contributed by atoms with Gasteiger partial charge in [-0.05, 0) is 6.42 Å². The molecule has 0 spiro atoms. The van der Waals surface area contributed by atoms with E-state index >= 15 is 0 Å². The molecule has 0 saturated heterocycles. The summed E-state index contributed by atoms with van der Waals surface area (Å²) in [6.07, 6.45) is 6.31. The van der Waals surface area contributed by atoms with E-state index in [1.54, 1.807) is 18.0 Å². The van der Waals surface area contributed by atoms with Crippen molar-refractivity contribution in [3.63, 3.8) is 0 Å². The summed E-state index contributed by atoms with van der Waals surface area (Å²) < 4.78 is 7.03. The van der Waals surface area contributed by atoms with E-state index in [1.807, 2.05) is 7.05 Å². The molecule has 1 atom stereocenters. The van der Waals surface area contributed by atoms with Crippen molar-refractivity contribution in [3.05, 3.63) is 11.9 Å². The van der Waals surface area contributed by atoms with Crippen molar-refractivity contribution in [2.75, 3.05) is 7.11 Å². The van der Waals surface area contributed by atoms with Crippen LogP contribution in [0.25, 0.3) is 0 Å². The van der Waals surface area contributed by atoms with Crippen molar-refractivity contribution in [2.45, 2.75) is 38.6 Å². The quantitative estimate of drug-likeness (QED) is 0.732. The van der Waals surface area contributed by atoms with Crippen LogP contribution in [-0.4, -0.2) is 16.9 Å². The highest BCUT2D eigenvalue weighted by molar-refractivity contribution is 5.27. The summed E-state index contributed by atoms with van der Waals surface area (Å²) in [4.78, 5) is 0. The zero-order chi connectivity index (χ0) is 11.3. The summed E-state index contributed by atoms with van der Waals surface area (Å²) in [6.45, 7) is 2.19. The summed E-state index contributed by atoms with van der Waals surface area (Å²) in [5.41, 5.74) is 7.11. The van der Waals surface area contributed by atoms with Crippen molar-refractivity contribution < 1.29 is 4.74 Å². The molecule has 1 aromatic rings. The lowest BCUT2D eigenvalue weighted by atomic mass is 10.1. The normalized spacial score (nSPS) is 12.8. The Kier molecular flexibility index (Phi) is 4.62. The number of aromatic nitrogens is 2. The second-order valence-corrected chi connectivity index (χ2v) is 3.82. The van der Waals surface area contributed by atoms with Crippen LogP contribution >= 0.6 is 0 Å². The zero-order valence-corrected chi connectivity index (χ0v) is 9.86. The maximum absolute atomic E-state index is 6.12. The Bertz CT molecular complexity index is 296. The number of unbranched alkanes of at least 4 members (excludes halogenated alkanes) is 2. The molecule has 86 valence electrons. The molecule has 1 rings (SSSR count). The van der Waals surface area contributed by atoms with Crippen molar-refractivity contribution >= 4 is 0 Å². The molecule has 0 amide bonds. The molecule has 1 unspecified atom stereocenters. The summed E-state index contributed by atoms with van der Waals surface area (Å²) in [5.74, 6) is 0.793. The van der Waals surface area contributed by atoms with Crippen LogP contribution in [0.5, 0.6) is 5.75 Å². The van der Waals surface area contributed by atoms with Gasteiger partial charge in [0.05, 0.1) is 25.0 Å². The number of aryl methyl sites for hydroxylation is 1. The van der Waals surface area contributed by atoms with E-state index in [-0.39, 0.29) is 6.04 Å². The zero-order valence-electron chi connectivity index (χ0n) is 9.86. The third-order valence-electron chi connectivity index (χ3n) is 2.64. The molecule has 0 saturated carbocycles. The fourth-order valence-electron chi connectivity index (χ4n) is 1.76. The summed E-state index contributed by atoms with van der Waals surface area (Å²) in [6, 6.07) is 0.0269. The van der Waals surface area contributed by atoms with Crippen LogP contribution in [-0.2, 0) is 7.05 Å². The molecular formula is C11H21N3O. The largest absolute Gasteiger partial charge is 0.493 e. The Morgan fingerprint density at radius 2 is 2.27 bits per heavy atom. The smallest absolute Gasteiger partial charge is 0.161 e. The minimum atomic E-state index is 0.0269. The topological polar surface area (TPSA) is 53.1 Å². The SMILES string of the molecule is CCCCCC(N)c1c(OC)cnn1C. The minimum Gasteiger partial charge on any atom is -0.493 e. The van der Waals surface area contributed by atoms with Crippen molar-refractivity contribution in [1.29, 1.82) is 0 Å². The number of hydrogen-bond acceptors (Lipinski definition) is 3. The van der Waals surface area contributed by atoms with Gasteiger partial charge in [-0.15, -0.1) is 0 Å². The molecule has 1 aromatic heterocycles. The summed E-state index contributed by atoms with van der Waals surface area (Å²) in [7, 11) is 3.55.